The number of fused-ring (bicyclic) bond motifs is 1. The Bertz CT molecular complexity index is 1780. The Morgan fingerprint density at radius 3 is 2.10 bits per heavy atom. The summed E-state index contributed by atoms with van der Waals surface area (Å²) < 4.78 is 49.0. The smallest absolute Gasteiger partial charge is 0.303 e. The number of benzene rings is 1. The highest BCUT2D eigenvalue weighted by atomic mass is 32.2. The number of nitrogens with zero attached hydrogens (tertiary/aromatic N) is 3. The van der Waals surface area contributed by atoms with E-state index in [9.17, 15) is 23.6 Å². The van der Waals surface area contributed by atoms with Gasteiger partial charge in [-0.25, -0.2) is 14.4 Å². The normalized spacial score (nSPS) is 24.0. The molecule has 50 heavy (non-hydrogen) atoms. The average molecular weight is 712 g/mol. The first-order valence-corrected chi connectivity index (χ1v) is 17.2. The first-order valence-electron chi connectivity index (χ1n) is 16.4. The minimum atomic E-state index is -1.41. The summed E-state index contributed by atoms with van der Waals surface area (Å²) in [4.78, 5) is 61.7. The summed E-state index contributed by atoms with van der Waals surface area (Å²) in [5.74, 6) is -1.62. The molecule has 0 N–H and O–H groups in total. The molecular formula is C35H38FN3O10S. The Morgan fingerprint density at radius 2 is 1.50 bits per heavy atom. The number of halogens is 1. The van der Waals surface area contributed by atoms with E-state index >= 15 is 0 Å². The van der Waals surface area contributed by atoms with Crippen LogP contribution in [0.3, 0.4) is 0 Å². The lowest BCUT2D eigenvalue weighted by Crippen LogP contribution is -2.59. The summed E-state index contributed by atoms with van der Waals surface area (Å²) in [5.41, 5.74) is 1.16. The Labute approximate surface area is 292 Å². The topological polar surface area (TPSA) is 157 Å². The van der Waals surface area contributed by atoms with Crippen LogP contribution in [0.15, 0.2) is 45.7 Å². The van der Waals surface area contributed by atoms with Gasteiger partial charge in [0.1, 0.15) is 30.0 Å². The predicted molar refractivity (Wildman–Crippen MR) is 176 cm³/mol. The monoisotopic (exact) mass is 711 g/mol. The van der Waals surface area contributed by atoms with Crippen molar-refractivity contribution >= 4 is 47.1 Å². The van der Waals surface area contributed by atoms with E-state index in [2.05, 4.69) is 4.90 Å². The molecule has 0 bridgehead atoms. The molecule has 1 aromatic carbocycles. The maximum Gasteiger partial charge on any atom is 0.303 e. The molecule has 1 saturated carbocycles. The molecule has 1 aliphatic carbocycles. The lowest BCUT2D eigenvalue weighted by atomic mass is 9.92. The van der Waals surface area contributed by atoms with E-state index in [4.69, 9.17) is 38.1 Å². The second-order valence-corrected chi connectivity index (χ2v) is 13.9. The van der Waals surface area contributed by atoms with Crippen molar-refractivity contribution in [2.75, 3.05) is 11.5 Å². The number of esters is 4. The van der Waals surface area contributed by atoms with Crippen LogP contribution in [0.4, 0.5) is 15.9 Å². The van der Waals surface area contributed by atoms with E-state index in [1.165, 1.54) is 26.0 Å². The van der Waals surface area contributed by atoms with E-state index < -0.39 is 65.9 Å². The van der Waals surface area contributed by atoms with Crippen LogP contribution >= 0.6 is 11.8 Å². The molecule has 6 rings (SSSR count). The summed E-state index contributed by atoms with van der Waals surface area (Å²) >= 11 is 1.63. The van der Waals surface area contributed by atoms with E-state index in [0.717, 1.165) is 50.8 Å². The van der Waals surface area contributed by atoms with Crippen LogP contribution in [0.1, 0.15) is 77.5 Å². The SMILES string of the molecule is CC(=O)OC[C@H]1O[C@@H](c2nc(-c3ccc(C)o3)c3c(n2)N(c2ccc(F)cc2)C2(CCCCC2)S3)[C@H](OC(C)=O)[C@@H](OC(C)=O)[C@@H]1OC(C)=O. The van der Waals surface area contributed by atoms with Crippen molar-refractivity contribution in [2.45, 2.75) is 107 Å². The first kappa shape index (κ1) is 35.3. The standard InChI is InChI=1S/C35H38FN3O10S/c1-18-9-14-25(45-18)27-32-34(39(24-12-10-23(36)11-13-24)35(50-32)15-7-6-8-16-35)38-33(37-27)31-30(48-22(5)43)29(47-21(4)42)28(46-20(3)41)26(49-31)17-44-19(2)40/h9-14,26,28-31H,6-8,15-17H2,1-5H3/t26-,28-,29+,30-,31-/m1/s1. The molecule has 15 heteroatoms. The summed E-state index contributed by atoms with van der Waals surface area (Å²) in [5, 5.41) is 0. The zero-order valence-corrected chi connectivity index (χ0v) is 29.1. The van der Waals surface area contributed by atoms with Gasteiger partial charge in [-0.05, 0) is 56.2 Å². The fourth-order valence-corrected chi connectivity index (χ4v) is 8.43. The van der Waals surface area contributed by atoms with Crippen molar-refractivity contribution in [2.24, 2.45) is 0 Å². The van der Waals surface area contributed by atoms with Crippen molar-refractivity contribution in [3.63, 3.8) is 0 Å². The number of thioether (sulfide) groups is 1. The van der Waals surface area contributed by atoms with E-state index in [1.54, 1.807) is 30.0 Å². The second-order valence-electron chi connectivity index (χ2n) is 12.5. The highest BCUT2D eigenvalue weighted by Crippen LogP contribution is 2.60. The molecule has 2 aliphatic heterocycles. The Morgan fingerprint density at radius 1 is 0.860 bits per heavy atom. The average Bonchev–Trinajstić information content (AvgIpc) is 3.62. The van der Waals surface area contributed by atoms with Crippen LogP contribution in [0.25, 0.3) is 11.5 Å². The summed E-state index contributed by atoms with van der Waals surface area (Å²) in [6.07, 6.45) is -2.03. The van der Waals surface area contributed by atoms with Gasteiger partial charge in [0.25, 0.3) is 0 Å². The fourth-order valence-electron chi connectivity index (χ4n) is 6.80. The molecule has 1 spiro atoms. The Kier molecular flexibility index (Phi) is 10.2. The largest absolute Gasteiger partial charge is 0.463 e. The van der Waals surface area contributed by atoms with Gasteiger partial charge in [0.05, 0.1) is 9.77 Å². The number of anilines is 2. The van der Waals surface area contributed by atoms with Crippen molar-refractivity contribution in [3.8, 4) is 11.5 Å². The quantitative estimate of drug-likeness (QED) is 0.201. The Balaban J connectivity index is 1.57. The highest BCUT2D eigenvalue weighted by molar-refractivity contribution is 8.01. The van der Waals surface area contributed by atoms with Crippen molar-refractivity contribution < 1.29 is 51.7 Å². The molecule has 2 fully saturated rings. The van der Waals surface area contributed by atoms with Crippen LogP contribution in [0.2, 0.25) is 0 Å². The maximum atomic E-state index is 14.2. The van der Waals surface area contributed by atoms with Gasteiger partial charge in [0, 0.05) is 33.4 Å². The van der Waals surface area contributed by atoms with Crippen molar-refractivity contribution in [3.05, 3.63) is 53.8 Å². The molecule has 0 radical (unpaired) electrons. The van der Waals surface area contributed by atoms with Gasteiger partial charge in [0.15, 0.2) is 41.8 Å². The number of carbonyl (C=O) groups excluding carboxylic acids is 4. The molecule has 3 aliphatic rings. The van der Waals surface area contributed by atoms with Gasteiger partial charge in [0.2, 0.25) is 0 Å². The molecule has 266 valence electrons. The van der Waals surface area contributed by atoms with Gasteiger partial charge in [-0.2, -0.15) is 0 Å². The van der Waals surface area contributed by atoms with Gasteiger partial charge in [-0.3, -0.25) is 19.2 Å². The third-order valence-corrected chi connectivity index (χ3v) is 10.3. The lowest BCUT2D eigenvalue weighted by molar-refractivity contribution is -0.255. The van der Waals surface area contributed by atoms with Crippen molar-refractivity contribution in [1.29, 1.82) is 0 Å². The maximum absolute atomic E-state index is 14.2. The van der Waals surface area contributed by atoms with Crippen LogP contribution in [0, 0.1) is 12.7 Å². The predicted octanol–water partition coefficient (Wildman–Crippen LogP) is 5.89. The highest BCUT2D eigenvalue weighted by Gasteiger charge is 2.55. The minimum absolute atomic E-state index is 0.0332. The van der Waals surface area contributed by atoms with E-state index in [0.29, 0.717) is 28.7 Å². The van der Waals surface area contributed by atoms with Gasteiger partial charge >= 0.3 is 23.9 Å². The zero-order chi connectivity index (χ0) is 35.7. The summed E-state index contributed by atoms with van der Waals surface area (Å²) in [6.45, 7) is 6.11. The number of carbonyl (C=O) groups is 4. The summed E-state index contributed by atoms with van der Waals surface area (Å²) in [6, 6.07) is 9.80. The number of hydrogen-bond acceptors (Lipinski definition) is 14. The van der Waals surface area contributed by atoms with Gasteiger partial charge in [-0.15, -0.1) is 0 Å². The number of hydrogen-bond donors (Lipinski definition) is 0. The molecule has 0 unspecified atom stereocenters. The number of furan rings is 1. The Hall–Kier alpha value is -4.50. The fraction of sp³-hybridized carbons (Fsp3) is 0.486. The molecular weight excluding hydrogens is 673 g/mol. The lowest BCUT2D eigenvalue weighted by Gasteiger charge is -2.44. The number of rotatable bonds is 8. The molecule has 3 aromatic rings. The molecule has 1 saturated heterocycles. The van der Waals surface area contributed by atoms with Crippen LogP contribution in [-0.4, -0.2) is 69.7 Å². The molecule has 4 heterocycles. The minimum Gasteiger partial charge on any atom is -0.463 e. The van der Waals surface area contributed by atoms with Crippen LogP contribution in [-0.2, 0) is 42.9 Å². The van der Waals surface area contributed by atoms with Crippen molar-refractivity contribution in [1.82, 2.24) is 9.97 Å². The molecule has 13 nitrogen and oxygen atoms in total. The zero-order valence-electron chi connectivity index (χ0n) is 28.3. The van der Waals surface area contributed by atoms with Crippen LogP contribution in [0.5, 0.6) is 0 Å². The van der Waals surface area contributed by atoms with Crippen LogP contribution < -0.4 is 4.90 Å². The number of ether oxygens (including phenoxy) is 5. The third kappa shape index (κ3) is 7.20. The second kappa shape index (κ2) is 14.4. The first-order chi connectivity index (χ1) is 23.8. The van der Waals surface area contributed by atoms with E-state index in [-0.39, 0.29) is 11.6 Å². The summed E-state index contributed by atoms with van der Waals surface area (Å²) in [7, 11) is 0. The third-order valence-electron chi connectivity index (χ3n) is 8.72. The number of aryl methyl sites for hydroxylation is 1. The molecule has 2 aromatic heterocycles. The van der Waals surface area contributed by atoms with E-state index in [1.807, 2.05) is 13.0 Å². The molecule has 5 atom stereocenters. The molecule has 0 amide bonds. The van der Waals surface area contributed by atoms with Gasteiger partial charge < -0.3 is 33.0 Å². The van der Waals surface area contributed by atoms with Gasteiger partial charge in [-0.1, -0.05) is 31.0 Å². The number of aromatic nitrogens is 2.